The third-order valence-corrected chi connectivity index (χ3v) is 6.38. The largest absolute Gasteiger partial charge is 0.379 e. The highest BCUT2D eigenvalue weighted by Crippen LogP contribution is 2.28. The number of rotatable bonds is 4. The molecule has 1 aromatic heterocycles. The normalized spacial score (nSPS) is 22.3. The number of nitrogens with zero attached hydrogens (tertiary/aromatic N) is 3. The van der Waals surface area contributed by atoms with E-state index in [0.717, 1.165) is 57.4 Å². The van der Waals surface area contributed by atoms with E-state index < -0.39 is 0 Å². The molecule has 2 aliphatic heterocycles. The summed E-state index contributed by atoms with van der Waals surface area (Å²) in [5.74, 6) is 3.00. The zero-order valence-corrected chi connectivity index (χ0v) is 15.4. The van der Waals surface area contributed by atoms with Crippen molar-refractivity contribution < 1.29 is 4.74 Å². The molecule has 0 spiro atoms. The van der Waals surface area contributed by atoms with Crippen molar-refractivity contribution in [2.75, 3.05) is 57.4 Å². The molecule has 1 aromatic rings. The lowest BCUT2D eigenvalue weighted by molar-refractivity contribution is 0.0186. The maximum Gasteiger partial charge on any atom is 0.191 e. The van der Waals surface area contributed by atoms with E-state index in [0.29, 0.717) is 12.0 Å². The molecule has 0 aromatic carbocycles. The number of hydrogen-bond donors (Lipinski definition) is 1. The van der Waals surface area contributed by atoms with Crippen LogP contribution >= 0.6 is 23.1 Å². The predicted molar refractivity (Wildman–Crippen MR) is 99.6 cm³/mol. The van der Waals surface area contributed by atoms with Crippen LogP contribution in [0.4, 0.5) is 0 Å². The van der Waals surface area contributed by atoms with Gasteiger partial charge < -0.3 is 15.4 Å². The van der Waals surface area contributed by atoms with Crippen LogP contribution in [0.15, 0.2) is 17.1 Å². The van der Waals surface area contributed by atoms with Gasteiger partial charge in [0, 0.05) is 47.4 Å². The molecule has 128 valence electrons. The van der Waals surface area contributed by atoms with E-state index in [1.165, 1.54) is 9.75 Å². The van der Waals surface area contributed by atoms with Crippen LogP contribution in [0.1, 0.15) is 15.8 Å². The first-order valence-corrected chi connectivity index (χ1v) is 10.2. The molecule has 1 atom stereocenters. The van der Waals surface area contributed by atoms with Gasteiger partial charge in [0.05, 0.1) is 25.8 Å². The Bertz CT molecular complexity index is 522. The molecule has 23 heavy (non-hydrogen) atoms. The molecule has 7 heteroatoms. The smallest absolute Gasteiger partial charge is 0.191 e. The first kappa shape index (κ1) is 17.1. The molecule has 0 amide bonds. The fourth-order valence-electron chi connectivity index (χ4n) is 2.98. The summed E-state index contributed by atoms with van der Waals surface area (Å²) in [6.07, 6.45) is 0. The second kappa shape index (κ2) is 8.37. The lowest BCUT2D eigenvalue weighted by Crippen LogP contribution is -2.44. The number of aryl methyl sites for hydroxylation is 1. The van der Waals surface area contributed by atoms with Gasteiger partial charge in [-0.15, -0.1) is 11.3 Å². The number of nitrogens with two attached hydrogens (primary N) is 1. The molecule has 3 rings (SSSR count). The molecule has 0 aliphatic carbocycles. The number of morpholine rings is 1. The fourth-order valence-corrected chi connectivity index (χ4v) is 4.89. The van der Waals surface area contributed by atoms with Gasteiger partial charge in [0.15, 0.2) is 5.96 Å². The van der Waals surface area contributed by atoms with Crippen molar-refractivity contribution >= 4 is 29.1 Å². The third-order valence-electron chi connectivity index (χ3n) is 4.34. The summed E-state index contributed by atoms with van der Waals surface area (Å²) in [6, 6.07) is 4.75. The molecule has 2 aliphatic rings. The Morgan fingerprint density at radius 3 is 2.65 bits per heavy atom. The number of thiophene rings is 1. The van der Waals surface area contributed by atoms with E-state index in [9.17, 15) is 0 Å². The van der Waals surface area contributed by atoms with Gasteiger partial charge in [-0.25, -0.2) is 0 Å². The average Bonchev–Trinajstić information content (AvgIpc) is 3.03. The minimum Gasteiger partial charge on any atom is -0.379 e. The van der Waals surface area contributed by atoms with Gasteiger partial charge in [-0.3, -0.25) is 9.89 Å². The van der Waals surface area contributed by atoms with Gasteiger partial charge in [-0.1, -0.05) is 0 Å². The van der Waals surface area contributed by atoms with E-state index in [2.05, 4.69) is 28.9 Å². The van der Waals surface area contributed by atoms with Crippen LogP contribution in [0.5, 0.6) is 0 Å². The molecule has 5 nitrogen and oxygen atoms in total. The van der Waals surface area contributed by atoms with Crippen molar-refractivity contribution in [2.24, 2.45) is 10.7 Å². The van der Waals surface area contributed by atoms with E-state index in [4.69, 9.17) is 15.5 Å². The molecule has 3 heterocycles. The minimum absolute atomic E-state index is 0.315. The molecule has 2 fully saturated rings. The summed E-state index contributed by atoms with van der Waals surface area (Å²) in [5, 5.41) is 0. The Kier molecular flexibility index (Phi) is 6.21. The summed E-state index contributed by atoms with van der Waals surface area (Å²) in [4.78, 5) is 12.2. The van der Waals surface area contributed by atoms with E-state index in [1.54, 1.807) is 0 Å². The zero-order valence-electron chi connectivity index (χ0n) is 13.7. The van der Waals surface area contributed by atoms with Crippen molar-refractivity contribution in [3.8, 4) is 0 Å². The monoisotopic (exact) mass is 354 g/mol. The Hall–Kier alpha value is -0.760. The number of hydrogen-bond acceptors (Lipinski definition) is 5. The summed E-state index contributed by atoms with van der Waals surface area (Å²) in [7, 11) is 0. The minimum atomic E-state index is 0.315. The average molecular weight is 355 g/mol. The second-order valence-corrected chi connectivity index (χ2v) is 8.46. The lowest BCUT2D eigenvalue weighted by Gasteiger charge is -2.33. The molecular formula is C16H26N4OS2. The third kappa shape index (κ3) is 4.62. The number of thioether (sulfide) groups is 1. The van der Waals surface area contributed by atoms with Crippen molar-refractivity contribution in [3.05, 3.63) is 21.9 Å². The summed E-state index contributed by atoms with van der Waals surface area (Å²) >= 11 is 3.86. The topological polar surface area (TPSA) is 54.1 Å². The standard InChI is InChI=1S/C16H26N4OS2/c1-13-2-3-15(23-13)14(19-4-8-21-9-5-19)12-18-16(17)20-6-10-22-11-7-20/h2-3,14H,4-12H2,1H3,(H2,17,18). The maximum absolute atomic E-state index is 6.24. The van der Waals surface area contributed by atoms with Crippen LogP contribution in [0.3, 0.4) is 0 Å². The van der Waals surface area contributed by atoms with E-state index in [1.807, 2.05) is 23.1 Å². The molecule has 0 saturated carbocycles. The van der Waals surface area contributed by atoms with Crippen LogP contribution in [-0.4, -0.2) is 73.2 Å². The second-order valence-electron chi connectivity index (χ2n) is 5.91. The van der Waals surface area contributed by atoms with Gasteiger partial charge in [0.1, 0.15) is 0 Å². The number of ether oxygens (including phenoxy) is 1. The Morgan fingerprint density at radius 2 is 2.00 bits per heavy atom. The highest BCUT2D eigenvalue weighted by Gasteiger charge is 2.24. The van der Waals surface area contributed by atoms with Crippen LogP contribution in [0, 0.1) is 6.92 Å². The quantitative estimate of drug-likeness (QED) is 0.660. The first-order chi connectivity index (χ1) is 11.2. The predicted octanol–water partition coefficient (Wildman–Crippen LogP) is 1.79. The number of aliphatic imine (C=N–C) groups is 1. The summed E-state index contributed by atoms with van der Waals surface area (Å²) in [5.41, 5.74) is 6.24. The van der Waals surface area contributed by atoms with E-state index in [-0.39, 0.29) is 0 Å². The van der Waals surface area contributed by atoms with Gasteiger partial charge in [-0.05, 0) is 19.1 Å². The van der Waals surface area contributed by atoms with Crippen molar-refractivity contribution in [2.45, 2.75) is 13.0 Å². The van der Waals surface area contributed by atoms with Crippen LogP contribution in [-0.2, 0) is 4.74 Å². The van der Waals surface area contributed by atoms with Gasteiger partial charge >= 0.3 is 0 Å². The SMILES string of the molecule is Cc1ccc(C(CN=C(N)N2CCSCC2)N2CCOCC2)s1. The summed E-state index contributed by atoms with van der Waals surface area (Å²) < 4.78 is 5.50. The van der Waals surface area contributed by atoms with Crippen LogP contribution in [0.25, 0.3) is 0 Å². The molecule has 0 bridgehead atoms. The Balaban J connectivity index is 1.69. The Labute approximate surface area is 146 Å². The van der Waals surface area contributed by atoms with Gasteiger partial charge in [0.25, 0.3) is 0 Å². The molecule has 0 radical (unpaired) electrons. The number of guanidine groups is 1. The molecule has 2 saturated heterocycles. The van der Waals surface area contributed by atoms with Gasteiger partial charge in [0.2, 0.25) is 0 Å². The highest BCUT2D eigenvalue weighted by molar-refractivity contribution is 7.99. The fraction of sp³-hybridized carbons (Fsp3) is 0.688. The van der Waals surface area contributed by atoms with Crippen molar-refractivity contribution in [3.63, 3.8) is 0 Å². The molecular weight excluding hydrogens is 328 g/mol. The van der Waals surface area contributed by atoms with Gasteiger partial charge in [-0.2, -0.15) is 11.8 Å². The molecule has 2 N–H and O–H groups in total. The molecule has 1 unspecified atom stereocenters. The van der Waals surface area contributed by atoms with Crippen LogP contribution in [0.2, 0.25) is 0 Å². The zero-order chi connectivity index (χ0) is 16.1. The van der Waals surface area contributed by atoms with E-state index >= 15 is 0 Å². The highest BCUT2D eigenvalue weighted by atomic mass is 32.2. The van der Waals surface area contributed by atoms with Crippen molar-refractivity contribution in [1.82, 2.24) is 9.80 Å². The first-order valence-electron chi connectivity index (χ1n) is 8.25. The van der Waals surface area contributed by atoms with Crippen molar-refractivity contribution in [1.29, 1.82) is 0 Å². The van der Waals surface area contributed by atoms with Crippen LogP contribution < -0.4 is 5.73 Å². The maximum atomic E-state index is 6.24. The Morgan fingerprint density at radius 1 is 1.26 bits per heavy atom. The summed E-state index contributed by atoms with van der Waals surface area (Å²) in [6.45, 7) is 8.48. The lowest BCUT2D eigenvalue weighted by atomic mass is 10.2.